The lowest BCUT2D eigenvalue weighted by Gasteiger charge is -2.40. The van der Waals surface area contributed by atoms with Crippen LogP contribution in [0.3, 0.4) is 0 Å². The van der Waals surface area contributed by atoms with E-state index in [1.54, 1.807) is 0 Å². The lowest BCUT2D eigenvalue weighted by Crippen LogP contribution is -2.39. The van der Waals surface area contributed by atoms with Crippen LogP contribution < -0.4 is 0 Å². The molecule has 2 heteroatoms. The second-order valence-corrected chi connectivity index (χ2v) is 4.67. The summed E-state index contributed by atoms with van der Waals surface area (Å²) < 4.78 is 0. The van der Waals surface area contributed by atoms with Gasteiger partial charge in [-0.25, -0.2) is 0 Å². The predicted molar refractivity (Wildman–Crippen MR) is 70.9 cm³/mol. The average molecular weight is 223 g/mol. The molecule has 16 heavy (non-hydrogen) atoms. The highest BCUT2D eigenvalue weighted by Crippen LogP contribution is 2.41. The molecule has 0 saturated heterocycles. The highest BCUT2D eigenvalue weighted by Gasteiger charge is 2.38. The van der Waals surface area contributed by atoms with Crippen molar-refractivity contribution in [3.63, 3.8) is 0 Å². The summed E-state index contributed by atoms with van der Waals surface area (Å²) in [6.45, 7) is 11.8. The second kappa shape index (κ2) is 7.39. The summed E-state index contributed by atoms with van der Waals surface area (Å²) in [7, 11) is 0. The molecule has 0 aromatic rings. The molecule has 2 N–H and O–H groups in total. The third-order valence-electron chi connectivity index (χ3n) is 3.45. The summed E-state index contributed by atoms with van der Waals surface area (Å²) in [6.07, 6.45) is 7.55. The van der Waals surface area contributed by atoms with Gasteiger partial charge in [0.2, 0.25) is 0 Å². The Morgan fingerprint density at radius 1 is 1.25 bits per heavy atom. The van der Waals surface area contributed by atoms with E-state index in [4.69, 9.17) is 5.41 Å². The van der Waals surface area contributed by atoms with Crippen molar-refractivity contribution in [2.24, 2.45) is 11.3 Å². The van der Waals surface area contributed by atoms with E-state index in [9.17, 15) is 5.11 Å². The van der Waals surface area contributed by atoms with Gasteiger partial charge in [-0.1, -0.05) is 26.0 Å². The molecule has 0 fully saturated rings. The van der Waals surface area contributed by atoms with E-state index in [0.29, 0.717) is 18.8 Å². The van der Waals surface area contributed by atoms with Crippen molar-refractivity contribution in [3.8, 4) is 0 Å². The van der Waals surface area contributed by atoms with Gasteiger partial charge in [-0.15, -0.1) is 13.2 Å². The first-order valence-corrected chi connectivity index (χ1v) is 5.94. The molecule has 0 aromatic heterocycles. The number of aliphatic hydroxyl groups is 1. The smallest absolute Gasteiger partial charge is 0.0608 e. The van der Waals surface area contributed by atoms with E-state index < -0.39 is 6.10 Å². The fourth-order valence-corrected chi connectivity index (χ4v) is 2.28. The van der Waals surface area contributed by atoms with Gasteiger partial charge in [0, 0.05) is 5.41 Å². The summed E-state index contributed by atoms with van der Waals surface area (Å²) in [4.78, 5) is 0. The van der Waals surface area contributed by atoms with Crippen molar-refractivity contribution in [3.05, 3.63) is 25.3 Å². The Balaban J connectivity index is 4.89. The molecule has 0 spiro atoms. The zero-order valence-corrected chi connectivity index (χ0v) is 10.6. The first-order valence-electron chi connectivity index (χ1n) is 5.94. The summed E-state index contributed by atoms with van der Waals surface area (Å²) in [6, 6.07) is 0. The highest BCUT2D eigenvalue weighted by molar-refractivity contribution is 5.52. The molecular weight excluding hydrogens is 198 g/mol. The third kappa shape index (κ3) is 3.60. The van der Waals surface area contributed by atoms with Crippen molar-refractivity contribution >= 4 is 6.21 Å². The molecular formula is C14H25NO. The predicted octanol–water partition coefficient (Wildman–Crippen LogP) is 3.57. The van der Waals surface area contributed by atoms with E-state index in [0.717, 1.165) is 12.8 Å². The second-order valence-electron chi connectivity index (χ2n) is 4.67. The van der Waals surface area contributed by atoms with Gasteiger partial charge >= 0.3 is 0 Å². The molecule has 0 aliphatic heterocycles. The minimum absolute atomic E-state index is 0.174. The number of nitrogens with one attached hydrogen (secondary N) is 1. The van der Waals surface area contributed by atoms with Gasteiger partial charge in [0.25, 0.3) is 0 Å². The molecule has 0 aromatic carbocycles. The molecule has 0 unspecified atom stereocenters. The number of allylic oxidation sites excluding steroid dienone is 2. The lowest BCUT2D eigenvalue weighted by atomic mass is 9.67. The average Bonchev–Trinajstić information content (AvgIpc) is 2.24. The Morgan fingerprint density at radius 3 is 2.06 bits per heavy atom. The van der Waals surface area contributed by atoms with Gasteiger partial charge in [0.05, 0.1) is 6.10 Å². The number of aliphatic hydroxyl groups excluding tert-OH is 1. The van der Waals surface area contributed by atoms with Gasteiger partial charge in [-0.2, -0.15) is 0 Å². The maximum atomic E-state index is 10.3. The van der Waals surface area contributed by atoms with Crippen molar-refractivity contribution in [2.45, 2.75) is 45.6 Å². The van der Waals surface area contributed by atoms with Crippen molar-refractivity contribution < 1.29 is 5.11 Å². The third-order valence-corrected chi connectivity index (χ3v) is 3.45. The van der Waals surface area contributed by atoms with Gasteiger partial charge in [-0.05, 0) is 37.8 Å². The van der Waals surface area contributed by atoms with Crippen LogP contribution in [0.4, 0.5) is 0 Å². The number of hydrogen-bond donors (Lipinski definition) is 2. The summed E-state index contributed by atoms with van der Waals surface area (Å²) >= 11 is 0. The molecule has 0 heterocycles. The van der Waals surface area contributed by atoms with E-state index in [-0.39, 0.29) is 5.41 Å². The Hall–Kier alpha value is -0.890. The molecule has 0 rings (SSSR count). The molecule has 92 valence electrons. The fourth-order valence-electron chi connectivity index (χ4n) is 2.28. The largest absolute Gasteiger partial charge is 0.393 e. The van der Waals surface area contributed by atoms with Gasteiger partial charge in [0.15, 0.2) is 0 Å². The fraction of sp³-hybridized carbons (Fsp3) is 0.643. The van der Waals surface area contributed by atoms with Crippen LogP contribution in [0.25, 0.3) is 0 Å². The molecule has 0 radical (unpaired) electrons. The highest BCUT2D eigenvalue weighted by atomic mass is 16.3. The monoisotopic (exact) mass is 223 g/mol. The topological polar surface area (TPSA) is 44.1 Å². The molecule has 0 amide bonds. The van der Waals surface area contributed by atoms with Crippen LogP contribution in [0, 0.1) is 16.7 Å². The Kier molecular flexibility index (Phi) is 6.98. The quantitative estimate of drug-likeness (QED) is 0.455. The molecule has 0 saturated carbocycles. The van der Waals surface area contributed by atoms with Gasteiger partial charge < -0.3 is 10.5 Å². The lowest BCUT2D eigenvalue weighted by molar-refractivity contribution is -0.0109. The van der Waals surface area contributed by atoms with E-state index in [1.165, 1.54) is 6.21 Å². The normalized spacial score (nSPS) is 13.5. The summed E-state index contributed by atoms with van der Waals surface area (Å²) in [5, 5.41) is 17.4. The van der Waals surface area contributed by atoms with E-state index in [1.807, 2.05) is 12.2 Å². The molecule has 0 aliphatic rings. The Bertz CT molecular complexity index is 223. The first-order chi connectivity index (χ1) is 7.55. The molecule has 0 bridgehead atoms. The van der Waals surface area contributed by atoms with Crippen molar-refractivity contribution in [2.75, 3.05) is 0 Å². The SMILES string of the molecule is C=CCC(CC=C)(C(C)C)[C@H](O)CCC=N. The van der Waals surface area contributed by atoms with Gasteiger partial charge in [-0.3, -0.25) is 0 Å². The van der Waals surface area contributed by atoms with Crippen LogP contribution in [-0.4, -0.2) is 17.4 Å². The number of rotatable bonds is 9. The van der Waals surface area contributed by atoms with Crippen LogP contribution in [0.5, 0.6) is 0 Å². The van der Waals surface area contributed by atoms with Gasteiger partial charge in [0.1, 0.15) is 0 Å². The van der Waals surface area contributed by atoms with Crippen LogP contribution in [0.2, 0.25) is 0 Å². The summed E-state index contributed by atoms with van der Waals surface area (Å²) in [5.41, 5.74) is -0.174. The molecule has 1 atom stereocenters. The number of hydrogen-bond acceptors (Lipinski definition) is 2. The van der Waals surface area contributed by atoms with Crippen molar-refractivity contribution in [1.82, 2.24) is 0 Å². The first kappa shape index (κ1) is 15.1. The maximum absolute atomic E-state index is 10.3. The zero-order valence-electron chi connectivity index (χ0n) is 10.6. The maximum Gasteiger partial charge on any atom is 0.0608 e. The van der Waals surface area contributed by atoms with E-state index in [2.05, 4.69) is 27.0 Å². The molecule has 2 nitrogen and oxygen atoms in total. The minimum atomic E-state index is -0.398. The molecule has 0 aliphatic carbocycles. The van der Waals surface area contributed by atoms with Crippen LogP contribution in [0.15, 0.2) is 25.3 Å². The van der Waals surface area contributed by atoms with Crippen LogP contribution in [-0.2, 0) is 0 Å². The van der Waals surface area contributed by atoms with Crippen LogP contribution >= 0.6 is 0 Å². The minimum Gasteiger partial charge on any atom is -0.393 e. The van der Waals surface area contributed by atoms with E-state index >= 15 is 0 Å². The van der Waals surface area contributed by atoms with Crippen molar-refractivity contribution in [1.29, 1.82) is 5.41 Å². The Morgan fingerprint density at radius 2 is 1.75 bits per heavy atom. The zero-order chi connectivity index (χ0) is 12.6. The summed E-state index contributed by atoms with van der Waals surface area (Å²) in [5.74, 6) is 0.365. The standard InChI is InChI=1S/C14H25NO/c1-5-9-14(10-6-2,12(3)4)13(16)8-7-11-15/h5-6,11-13,15-16H,1-2,7-10H2,3-4H3/t13-/m1/s1. The van der Waals surface area contributed by atoms with Crippen LogP contribution in [0.1, 0.15) is 39.5 Å². The Labute approximate surface area is 99.6 Å².